The van der Waals surface area contributed by atoms with E-state index in [4.69, 9.17) is 36.1 Å². The van der Waals surface area contributed by atoms with Crippen LogP contribution in [0.15, 0.2) is 4.99 Å². The molecule has 7 unspecified atom stereocenters. The second kappa shape index (κ2) is 14.2. The fourth-order valence-corrected chi connectivity index (χ4v) is 5.35. The largest absolute Gasteiger partial charge is 0.388 e. The van der Waals surface area contributed by atoms with E-state index in [-0.39, 0.29) is 31.5 Å². The Morgan fingerprint density at radius 2 is 1.85 bits per heavy atom. The number of aliphatic hydroxyl groups excluding tert-OH is 3. The van der Waals surface area contributed by atoms with E-state index < -0.39 is 79.5 Å². The maximum atomic E-state index is 12.5. The maximum Gasteiger partial charge on any atom is 0.185 e. The molecule has 3 aliphatic rings. The lowest BCUT2D eigenvalue weighted by molar-refractivity contribution is -0.306. The Balaban J connectivity index is 1.79. The molecule has 13 atom stereocenters. The lowest BCUT2D eigenvalue weighted by Gasteiger charge is -2.48. The summed E-state index contributed by atoms with van der Waals surface area (Å²) in [7, 11) is 1.59. The van der Waals surface area contributed by atoms with Gasteiger partial charge in [-0.1, -0.05) is 0 Å². The van der Waals surface area contributed by atoms with Gasteiger partial charge in [-0.05, 0) is 40.2 Å². The van der Waals surface area contributed by atoms with Gasteiger partial charge in [0, 0.05) is 19.1 Å². The number of ether oxygens (including phenoxy) is 4. The molecular formula is C24H47FN6O8. The van der Waals surface area contributed by atoms with E-state index in [1.54, 1.807) is 7.05 Å². The van der Waals surface area contributed by atoms with Crippen molar-refractivity contribution >= 4 is 5.84 Å². The van der Waals surface area contributed by atoms with Gasteiger partial charge in [0.1, 0.15) is 48.6 Å². The average Bonchev–Trinajstić information content (AvgIpc) is 2.87. The predicted octanol–water partition coefficient (Wildman–Crippen LogP) is -3.60. The number of likely N-dealkylation sites (N-methyl/N-ethyl adjacent to an activating group) is 1. The number of aliphatic hydroxyl groups is 4. The SMILES string of the molecule is CN[C@@H]1C(O)[C@@H](OC2C(O)C(O[C@H]3O[C@H](CNCCF)CCC3N)[C@@H](N)C[C@H]2N=C(N)C(C)O)OCC1(C)O. The predicted molar refractivity (Wildman–Crippen MR) is 139 cm³/mol. The molecule has 15 heteroatoms. The van der Waals surface area contributed by atoms with E-state index in [1.165, 1.54) is 13.8 Å². The van der Waals surface area contributed by atoms with E-state index >= 15 is 0 Å². The van der Waals surface area contributed by atoms with Crippen molar-refractivity contribution in [1.82, 2.24) is 10.6 Å². The molecule has 0 aromatic rings. The van der Waals surface area contributed by atoms with Crippen molar-refractivity contribution in [3.05, 3.63) is 0 Å². The van der Waals surface area contributed by atoms with Gasteiger partial charge < -0.3 is 67.2 Å². The molecule has 2 aliphatic heterocycles. The van der Waals surface area contributed by atoms with Crippen molar-refractivity contribution < 1.29 is 43.8 Å². The molecule has 0 spiro atoms. The number of amidine groups is 1. The molecule has 228 valence electrons. The summed E-state index contributed by atoms with van der Waals surface area (Å²) in [5, 5.41) is 48.7. The lowest BCUT2D eigenvalue weighted by atomic mass is 9.83. The summed E-state index contributed by atoms with van der Waals surface area (Å²) < 4.78 is 36.3. The third-order valence-electron chi connectivity index (χ3n) is 7.60. The summed E-state index contributed by atoms with van der Waals surface area (Å²) in [6.45, 7) is 2.97. The Bertz CT molecular complexity index is 798. The Morgan fingerprint density at radius 1 is 1.15 bits per heavy atom. The van der Waals surface area contributed by atoms with Crippen LogP contribution in [0.3, 0.4) is 0 Å². The van der Waals surface area contributed by atoms with Crippen LogP contribution in [0.4, 0.5) is 4.39 Å². The van der Waals surface area contributed by atoms with Crippen LogP contribution in [-0.2, 0) is 18.9 Å². The van der Waals surface area contributed by atoms with Gasteiger partial charge in [-0.2, -0.15) is 0 Å². The number of nitrogens with one attached hydrogen (secondary N) is 2. The third kappa shape index (κ3) is 8.02. The minimum absolute atomic E-state index is 0.0743. The van der Waals surface area contributed by atoms with Crippen molar-refractivity contribution in [3.8, 4) is 0 Å². The summed E-state index contributed by atoms with van der Waals surface area (Å²) in [6.07, 6.45) is -6.81. The van der Waals surface area contributed by atoms with Crippen molar-refractivity contribution in [3.63, 3.8) is 0 Å². The van der Waals surface area contributed by atoms with Crippen molar-refractivity contribution in [2.45, 2.75) is 112 Å². The summed E-state index contributed by atoms with van der Waals surface area (Å²) in [6, 6.07) is -2.81. The van der Waals surface area contributed by atoms with Crippen molar-refractivity contribution in [2.24, 2.45) is 22.2 Å². The standard InChI is InChI=1S/C24H47FN6O8/c1-11(32)21(28)31-15-8-14(27)18(38-22-13(26)5-4-12(37-22)9-30-7-6-25)16(33)19(15)39-23-17(34)20(29-3)24(2,35)10-36-23/h11-20,22-23,29-30,32-35H,4-10,26-27H2,1-3H3,(H2,28,31)/t11?,12-,13?,14-,15+,16?,17?,18?,19?,20+,22+,23+,24?/m0/s1. The second-order valence-electron chi connectivity index (χ2n) is 10.9. The summed E-state index contributed by atoms with van der Waals surface area (Å²) >= 11 is 0. The van der Waals surface area contributed by atoms with E-state index in [0.717, 1.165) is 0 Å². The molecule has 12 N–H and O–H groups in total. The van der Waals surface area contributed by atoms with Gasteiger partial charge in [-0.3, -0.25) is 4.99 Å². The van der Waals surface area contributed by atoms with Crippen LogP contribution in [0.1, 0.15) is 33.1 Å². The normalized spacial score (nSPS) is 44.8. The number of nitrogens with zero attached hydrogens (tertiary/aromatic N) is 1. The Labute approximate surface area is 228 Å². The first-order chi connectivity index (χ1) is 18.4. The molecule has 0 aromatic carbocycles. The zero-order valence-corrected chi connectivity index (χ0v) is 22.9. The Kier molecular flexibility index (Phi) is 11.8. The Morgan fingerprint density at radius 3 is 2.49 bits per heavy atom. The number of aliphatic imine (C=N–C) groups is 1. The third-order valence-corrected chi connectivity index (χ3v) is 7.60. The molecular weight excluding hydrogens is 519 g/mol. The minimum Gasteiger partial charge on any atom is -0.388 e. The number of hydrogen-bond acceptors (Lipinski definition) is 13. The molecule has 1 aliphatic carbocycles. The molecule has 39 heavy (non-hydrogen) atoms. The lowest BCUT2D eigenvalue weighted by Crippen LogP contribution is -2.67. The first-order valence-electron chi connectivity index (χ1n) is 13.5. The van der Waals surface area contributed by atoms with Crippen LogP contribution in [0.5, 0.6) is 0 Å². The van der Waals surface area contributed by atoms with Crippen LogP contribution in [0.25, 0.3) is 0 Å². The minimum atomic E-state index is -1.38. The molecule has 2 heterocycles. The molecule has 0 aromatic heterocycles. The highest BCUT2D eigenvalue weighted by atomic mass is 19.1. The van der Waals surface area contributed by atoms with E-state index in [9.17, 15) is 24.8 Å². The summed E-state index contributed by atoms with van der Waals surface area (Å²) in [4.78, 5) is 4.35. The zero-order chi connectivity index (χ0) is 28.9. The van der Waals surface area contributed by atoms with Gasteiger partial charge in [0.2, 0.25) is 0 Å². The molecule has 0 amide bonds. The van der Waals surface area contributed by atoms with Gasteiger partial charge in [0.25, 0.3) is 0 Å². The number of alkyl halides is 1. The molecule has 3 rings (SSSR count). The van der Waals surface area contributed by atoms with E-state index in [1.807, 2.05) is 0 Å². The first kappa shape index (κ1) is 32.4. The highest BCUT2D eigenvalue weighted by Crippen LogP contribution is 2.33. The van der Waals surface area contributed by atoms with Crippen LogP contribution in [0, 0.1) is 0 Å². The quantitative estimate of drug-likeness (QED) is 0.0669. The fourth-order valence-electron chi connectivity index (χ4n) is 5.35. The summed E-state index contributed by atoms with van der Waals surface area (Å²) in [5.41, 5.74) is 17.2. The number of rotatable bonds is 11. The number of nitrogens with two attached hydrogens (primary N) is 3. The second-order valence-corrected chi connectivity index (χ2v) is 10.9. The van der Waals surface area contributed by atoms with Gasteiger partial charge >= 0.3 is 0 Å². The molecule has 2 saturated heterocycles. The van der Waals surface area contributed by atoms with E-state index in [0.29, 0.717) is 19.4 Å². The van der Waals surface area contributed by atoms with Gasteiger partial charge in [0.15, 0.2) is 12.6 Å². The first-order valence-corrected chi connectivity index (χ1v) is 13.5. The highest BCUT2D eigenvalue weighted by molar-refractivity contribution is 5.84. The van der Waals surface area contributed by atoms with Crippen LogP contribution >= 0.6 is 0 Å². The maximum absolute atomic E-state index is 12.5. The molecule has 3 fully saturated rings. The average molecular weight is 567 g/mol. The number of hydrogen-bond donors (Lipinski definition) is 9. The highest BCUT2D eigenvalue weighted by Gasteiger charge is 2.51. The van der Waals surface area contributed by atoms with Crippen molar-refractivity contribution in [1.29, 1.82) is 0 Å². The van der Waals surface area contributed by atoms with Gasteiger partial charge in [-0.15, -0.1) is 0 Å². The smallest absolute Gasteiger partial charge is 0.185 e. The topological polar surface area (TPSA) is 232 Å². The number of halogens is 1. The molecule has 0 bridgehead atoms. The van der Waals surface area contributed by atoms with E-state index in [2.05, 4.69) is 15.6 Å². The van der Waals surface area contributed by atoms with Crippen molar-refractivity contribution in [2.75, 3.05) is 33.4 Å². The molecule has 1 saturated carbocycles. The van der Waals surface area contributed by atoms with Gasteiger partial charge in [0.05, 0.1) is 30.8 Å². The Hall–Kier alpha value is -1.08. The van der Waals surface area contributed by atoms with Crippen LogP contribution in [0.2, 0.25) is 0 Å². The molecule has 0 radical (unpaired) electrons. The zero-order valence-electron chi connectivity index (χ0n) is 22.9. The molecule has 14 nitrogen and oxygen atoms in total. The summed E-state index contributed by atoms with van der Waals surface area (Å²) in [5.74, 6) is -0.0743. The fraction of sp³-hybridized carbons (Fsp3) is 0.958. The van der Waals surface area contributed by atoms with Crippen LogP contribution in [-0.4, -0.2) is 139 Å². The monoisotopic (exact) mass is 566 g/mol. The van der Waals surface area contributed by atoms with Crippen LogP contribution < -0.4 is 27.8 Å². The van der Waals surface area contributed by atoms with Gasteiger partial charge in [-0.25, -0.2) is 4.39 Å².